The molecule has 0 aliphatic heterocycles. The number of hydrogen-bond donors (Lipinski definition) is 2. The second kappa shape index (κ2) is 8.28. The van der Waals surface area contributed by atoms with Gasteiger partial charge in [-0.1, -0.05) is 26.0 Å². The summed E-state index contributed by atoms with van der Waals surface area (Å²) in [6.07, 6.45) is 0.432. The van der Waals surface area contributed by atoms with E-state index in [4.69, 9.17) is 0 Å². The van der Waals surface area contributed by atoms with Crippen LogP contribution in [0.5, 0.6) is 0 Å². The first kappa shape index (κ1) is 20.2. The van der Waals surface area contributed by atoms with E-state index in [9.17, 15) is 23.1 Å². The molecule has 1 rings (SSSR count). The molecule has 6 nitrogen and oxygen atoms in total. The van der Waals surface area contributed by atoms with Gasteiger partial charge in [0.2, 0.25) is 0 Å². The third kappa shape index (κ3) is 5.06. The number of amides is 1. The molecule has 0 bridgehead atoms. The van der Waals surface area contributed by atoms with Crippen molar-refractivity contribution in [2.24, 2.45) is 11.8 Å². The summed E-state index contributed by atoms with van der Waals surface area (Å²) in [5.41, 5.74) is 0.0416. The third-order valence-electron chi connectivity index (χ3n) is 3.67. The topological polar surface area (TPSA) is 101 Å². The zero-order valence-corrected chi connectivity index (χ0v) is 15.3. The predicted molar refractivity (Wildman–Crippen MR) is 91.7 cm³/mol. The van der Waals surface area contributed by atoms with Crippen LogP contribution in [0.3, 0.4) is 0 Å². The molecule has 0 radical (unpaired) electrons. The highest BCUT2D eigenvalue weighted by Gasteiger charge is 2.26. The lowest BCUT2D eigenvalue weighted by Gasteiger charge is -2.17. The van der Waals surface area contributed by atoms with E-state index in [1.807, 2.05) is 13.8 Å². The van der Waals surface area contributed by atoms with E-state index in [-0.39, 0.29) is 22.9 Å². The molecule has 134 valence electrons. The van der Waals surface area contributed by atoms with Crippen LogP contribution in [0.4, 0.5) is 0 Å². The van der Waals surface area contributed by atoms with E-state index < -0.39 is 32.9 Å². The molecule has 1 atom stereocenters. The van der Waals surface area contributed by atoms with Gasteiger partial charge in [0.1, 0.15) is 0 Å². The Morgan fingerprint density at radius 1 is 1.12 bits per heavy atom. The number of aliphatic carboxylic acids is 1. The molecule has 0 spiro atoms. The Morgan fingerprint density at radius 3 is 2.21 bits per heavy atom. The summed E-state index contributed by atoms with van der Waals surface area (Å²) >= 11 is 0. The van der Waals surface area contributed by atoms with Crippen LogP contribution in [-0.4, -0.2) is 37.2 Å². The van der Waals surface area contributed by atoms with Gasteiger partial charge in [-0.3, -0.25) is 9.59 Å². The van der Waals surface area contributed by atoms with E-state index in [0.29, 0.717) is 6.42 Å². The Hall–Kier alpha value is -1.89. The van der Waals surface area contributed by atoms with Crippen LogP contribution in [0.2, 0.25) is 0 Å². The molecular weight excluding hydrogens is 330 g/mol. The molecule has 0 saturated carbocycles. The van der Waals surface area contributed by atoms with Gasteiger partial charge in [-0.25, -0.2) is 8.42 Å². The summed E-state index contributed by atoms with van der Waals surface area (Å²) in [6, 6.07) is 5.97. The fraction of sp³-hybridized carbons (Fsp3) is 0.529. The number of sulfone groups is 1. The molecule has 1 unspecified atom stereocenters. The first-order valence-electron chi connectivity index (χ1n) is 7.91. The first-order valence-corrected chi connectivity index (χ1v) is 9.46. The first-order chi connectivity index (χ1) is 11.1. The van der Waals surface area contributed by atoms with E-state index in [1.165, 1.54) is 12.1 Å². The fourth-order valence-corrected chi connectivity index (χ4v) is 3.55. The number of rotatable bonds is 8. The van der Waals surface area contributed by atoms with Crippen molar-refractivity contribution < 1.29 is 23.1 Å². The van der Waals surface area contributed by atoms with Crippen molar-refractivity contribution in [1.82, 2.24) is 5.32 Å². The van der Waals surface area contributed by atoms with Crippen LogP contribution in [0, 0.1) is 11.8 Å². The van der Waals surface area contributed by atoms with Gasteiger partial charge in [-0.15, -0.1) is 0 Å². The lowest BCUT2D eigenvalue weighted by atomic mass is 9.97. The number of carbonyl (C=O) groups is 2. The molecule has 2 N–H and O–H groups in total. The Kier molecular flexibility index (Phi) is 6.95. The molecule has 0 saturated heterocycles. The summed E-state index contributed by atoms with van der Waals surface area (Å²) in [4.78, 5) is 23.6. The molecule has 24 heavy (non-hydrogen) atoms. The Labute approximate surface area is 143 Å². The monoisotopic (exact) mass is 355 g/mol. The quantitative estimate of drug-likeness (QED) is 0.745. The van der Waals surface area contributed by atoms with E-state index in [2.05, 4.69) is 5.32 Å². The minimum Gasteiger partial charge on any atom is -0.481 e. The van der Waals surface area contributed by atoms with Crippen molar-refractivity contribution in [3.63, 3.8) is 0 Å². The lowest BCUT2D eigenvalue weighted by molar-refractivity contribution is -0.142. The van der Waals surface area contributed by atoms with Crippen LogP contribution in [0.15, 0.2) is 29.2 Å². The smallest absolute Gasteiger partial charge is 0.308 e. The van der Waals surface area contributed by atoms with Crippen LogP contribution >= 0.6 is 0 Å². The summed E-state index contributed by atoms with van der Waals surface area (Å²) < 4.78 is 24.7. The van der Waals surface area contributed by atoms with Crippen molar-refractivity contribution in [2.75, 3.05) is 6.54 Å². The Bertz CT molecular complexity index is 695. The molecule has 7 heteroatoms. The average Bonchev–Trinajstić information content (AvgIpc) is 2.50. The average molecular weight is 355 g/mol. The molecule has 0 aromatic heterocycles. The van der Waals surface area contributed by atoms with Crippen molar-refractivity contribution in [2.45, 2.75) is 44.3 Å². The Balaban J connectivity index is 2.99. The summed E-state index contributed by atoms with van der Waals surface area (Å²) in [5.74, 6) is -2.09. The standard InChI is InChI=1S/C17H25NO5S/c1-11(2)9-13(17(20)21)10-18-16(19)14-7-5-6-8-15(14)24(22,23)12(3)4/h5-8,11-13H,9-10H2,1-4H3,(H,18,19)(H,20,21). The molecule has 0 fully saturated rings. The fourth-order valence-electron chi connectivity index (χ4n) is 2.31. The normalized spacial score (nSPS) is 13.1. The van der Waals surface area contributed by atoms with Crippen LogP contribution < -0.4 is 5.32 Å². The van der Waals surface area contributed by atoms with E-state index in [0.717, 1.165) is 0 Å². The second-order valence-electron chi connectivity index (χ2n) is 6.46. The zero-order valence-electron chi connectivity index (χ0n) is 14.4. The molecule has 1 aromatic rings. The minimum atomic E-state index is -3.60. The number of carbonyl (C=O) groups excluding carboxylic acids is 1. The van der Waals surface area contributed by atoms with Crippen LogP contribution in [-0.2, 0) is 14.6 Å². The highest BCUT2D eigenvalue weighted by molar-refractivity contribution is 7.92. The van der Waals surface area contributed by atoms with Crippen molar-refractivity contribution in [3.05, 3.63) is 29.8 Å². The summed E-state index contributed by atoms with van der Waals surface area (Å²) in [5, 5.41) is 11.1. The second-order valence-corrected chi connectivity index (χ2v) is 8.94. The third-order valence-corrected chi connectivity index (χ3v) is 5.88. The van der Waals surface area contributed by atoms with Gasteiger partial charge < -0.3 is 10.4 Å². The van der Waals surface area contributed by atoms with Gasteiger partial charge in [0.05, 0.1) is 21.6 Å². The highest BCUT2D eigenvalue weighted by Crippen LogP contribution is 2.20. The molecule has 0 heterocycles. The maximum Gasteiger partial charge on any atom is 0.308 e. The van der Waals surface area contributed by atoms with Crippen LogP contribution in [0.1, 0.15) is 44.5 Å². The maximum absolute atomic E-state index is 12.4. The zero-order chi connectivity index (χ0) is 18.5. The highest BCUT2D eigenvalue weighted by atomic mass is 32.2. The van der Waals surface area contributed by atoms with Gasteiger partial charge in [-0.2, -0.15) is 0 Å². The van der Waals surface area contributed by atoms with E-state index >= 15 is 0 Å². The van der Waals surface area contributed by atoms with E-state index in [1.54, 1.807) is 26.0 Å². The summed E-state index contributed by atoms with van der Waals surface area (Å²) in [6.45, 7) is 6.87. The summed E-state index contributed by atoms with van der Waals surface area (Å²) in [7, 11) is -3.60. The van der Waals surface area contributed by atoms with Gasteiger partial charge in [0, 0.05) is 6.54 Å². The largest absolute Gasteiger partial charge is 0.481 e. The van der Waals surface area contributed by atoms with Crippen molar-refractivity contribution in [1.29, 1.82) is 0 Å². The number of carboxylic acid groups (broad SMARTS) is 1. The number of hydrogen-bond acceptors (Lipinski definition) is 4. The molecule has 1 amide bonds. The van der Waals surface area contributed by atoms with Gasteiger partial charge in [-0.05, 0) is 38.3 Å². The molecule has 1 aromatic carbocycles. The van der Waals surface area contributed by atoms with Gasteiger partial charge in [0.25, 0.3) is 5.91 Å². The molecule has 0 aliphatic carbocycles. The van der Waals surface area contributed by atoms with Gasteiger partial charge in [0.15, 0.2) is 9.84 Å². The number of benzene rings is 1. The van der Waals surface area contributed by atoms with Gasteiger partial charge >= 0.3 is 5.97 Å². The van der Waals surface area contributed by atoms with Crippen molar-refractivity contribution >= 4 is 21.7 Å². The van der Waals surface area contributed by atoms with Crippen LogP contribution in [0.25, 0.3) is 0 Å². The number of carboxylic acids is 1. The predicted octanol–water partition coefficient (Wildman–Crippen LogP) is 2.35. The maximum atomic E-state index is 12.4. The molecule has 0 aliphatic rings. The van der Waals surface area contributed by atoms with Crippen molar-refractivity contribution in [3.8, 4) is 0 Å². The minimum absolute atomic E-state index is 0.0340. The Morgan fingerprint density at radius 2 is 1.71 bits per heavy atom. The number of nitrogens with one attached hydrogen (secondary N) is 1. The SMILES string of the molecule is CC(C)CC(CNC(=O)c1ccccc1S(=O)(=O)C(C)C)C(=O)O. The lowest BCUT2D eigenvalue weighted by Crippen LogP contribution is -2.34. The molecular formula is C17H25NO5S.